The molecule has 10 heteroatoms. The first kappa shape index (κ1) is 26.3. The van der Waals surface area contributed by atoms with Gasteiger partial charge in [-0.2, -0.15) is 0 Å². The van der Waals surface area contributed by atoms with E-state index < -0.39 is 0 Å². The Bertz CT molecular complexity index is 2060. The zero-order chi connectivity index (χ0) is 29.8. The van der Waals surface area contributed by atoms with E-state index in [0.717, 1.165) is 11.1 Å². The van der Waals surface area contributed by atoms with Crippen molar-refractivity contribution in [1.82, 2.24) is 19.9 Å². The summed E-state index contributed by atoms with van der Waals surface area (Å²) in [5.41, 5.74) is 13.3. The molecule has 0 saturated carbocycles. The van der Waals surface area contributed by atoms with Crippen LogP contribution in [0.1, 0.15) is 22.8 Å². The topological polar surface area (TPSA) is 174 Å². The Labute approximate surface area is 245 Å². The summed E-state index contributed by atoms with van der Waals surface area (Å²) in [5.74, 6) is -0.463. The molecule has 5 heterocycles. The van der Waals surface area contributed by atoms with E-state index in [9.17, 15) is 20.4 Å². The first-order valence-corrected chi connectivity index (χ1v) is 13.9. The number of nitrogens with two attached hydrogens (primary N) is 1. The first-order chi connectivity index (χ1) is 20.8. The summed E-state index contributed by atoms with van der Waals surface area (Å²) in [7, 11) is 1.59. The molecule has 5 aromatic rings. The van der Waals surface area contributed by atoms with Crippen molar-refractivity contribution in [3.63, 3.8) is 0 Å². The molecule has 0 aliphatic carbocycles. The summed E-state index contributed by atoms with van der Waals surface area (Å²) in [6.07, 6.45) is 2.18. The second-order valence-corrected chi connectivity index (χ2v) is 10.7. The highest BCUT2D eigenvalue weighted by atomic mass is 16.5. The van der Waals surface area contributed by atoms with Crippen molar-refractivity contribution in [2.24, 2.45) is 0 Å². The number of ether oxygens (including phenoxy) is 1. The normalized spacial score (nSPS) is 12.9. The summed E-state index contributed by atoms with van der Waals surface area (Å²) in [6.45, 7) is 0. The fourth-order valence-corrected chi connectivity index (χ4v) is 5.85. The van der Waals surface area contributed by atoms with Gasteiger partial charge in [-0.05, 0) is 73.2 Å². The fraction of sp³-hybridized carbons (Fsp3) is 0.152. The molecule has 0 atom stereocenters. The van der Waals surface area contributed by atoms with E-state index in [1.165, 1.54) is 0 Å². The highest BCUT2D eigenvalue weighted by Crippen LogP contribution is 2.44. The highest BCUT2D eigenvalue weighted by molar-refractivity contribution is 5.94. The van der Waals surface area contributed by atoms with Crippen LogP contribution in [0.4, 0.5) is 5.69 Å². The Morgan fingerprint density at radius 1 is 0.628 bits per heavy atom. The van der Waals surface area contributed by atoms with Gasteiger partial charge in [-0.15, -0.1) is 0 Å². The minimum absolute atomic E-state index is 0.279. The number of nitrogen functional groups attached to an aromatic ring is 1. The Morgan fingerprint density at radius 2 is 1.09 bits per heavy atom. The Balaban J connectivity index is 1.67. The van der Waals surface area contributed by atoms with E-state index in [2.05, 4.69) is 15.0 Å². The molecule has 10 nitrogen and oxygen atoms in total. The molecule has 2 aliphatic heterocycles. The lowest BCUT2D eigenvalue weighted by Crippen LogP contribution is -1.90. The molecule has 0 saturated heterocycles. The van der Waals surface area contributed by atoms with Crippen molar-refractivity contribution < 1.29 is 25.2 Å². The van der Waals surface area contributed by atoms with E-state index >= 15 is 0 Å². The molecule has 43 heavy (non-hydrogen) atoms. The highest BCUT2D eigenvalue weighted by Gasteiger charge is 2.24. The van der Waals surface area contributed by atoms with Gasteiger partial charge in [-0.3, -0.25) is 9.97 Å². The number of H-pyrrole nitrogens is 2. The molecule has 0 fully saturated rings. The number of nitrogens with one attached hydrogen (secondary N) is 2. The van der Waals surface area contributed by atoms with Gasteiger partial charge in [0.2, 0.25) is 0 Å². The van der Waals surface area contributed by atoms with E-state index in [0.29, 0.717) is 93.1 Å². The fourth-order valence-electron chi connectivity index (χ4n) is 5.85. The number of aryl methyl sites for hydroxylation is 4. The van der Waals surface area contributed by atoms with Crippen molar-refractivity contribution in [1.29, 1.82) is 0 Å². The predicted octanol–water partition coefficient (Wildman–Crippen LogP) is 5.63. The number of hydrogen-bond donors (Lipinski definition) is 7. The zero-order valence-electron chi connectivity index (χ0n) is 23.3. The minimum atomic E-state index is -0.289. The lowest BCUT2D eigenvalue weighted by atomic mass is 10.00. The molecule has 0 unspecified atom stereocenters. The van der Waals surface area contributed by atoms with Crippen LogP contribution >= 0.6 is 0 Å². The van der Waals surface area contributed by atoms with Crippen LogP contribution in [0.3, 0.4) is 0 Å². The zero-order valence-corrected chi connectivity index (χ0v) is 23.3. The lowest BCUT2D eigenvalue weighted by molar-refractivity contribution is 0.414. The summed E-state index contributed by atoms with van der Waals surface area (Å²) < 4.78 is 5.36. The van der Waals surface area contributed by atoms with Gasteiger partial charge in [0.1, 0.15) is 5.75 Å². The number of rotatable bonds is 3. The van der Waals surface area contributed by atoms with Crippen molar-refractivity contribution in [2.75, 3.05) is 12.8 Å². The summed E-state index contributed by atoms with van der Waals surface area (Å²) in [6, 6.07) is 18.0. The third kappa shape index (κ3) is 4.44. The van der Waals surface area contributed by atoms with Crippen LogP contribution in [-0.2, 0) is 25.7 Å². The summed E-state index contributed by atoms with van der Waals surface area (Å²) in [5, 5.41) is 44.3. The maximum atomic E-state index is 11.2. The van der Waals surface area contributed by atoms with Crippen molar-refractivity contribution >= 4 is 27.8 Å². The molecule has 3 aromatic heterocycles. The molecule has 2 aliphatic rings. The van der Waals surface area contributed by atoms with Gasteiger partial charge in [0.25, 0.3) is 0 Å². The second-order valence-electron chi connectivity index (χ2n) is 10.7. The largest absolute Gasteiger partial charge is 0.503 e. The number of methoxy groups -OCH3 is 1. The monoisotopic (exact) mass is 575 g/mol. The SMILES string of the molecule is COc1ccc(-c2c3nc(c(-c4ccc(N)cc4)c4[nH]c(cc5nc(cc6[nH]c2c(O)c6O)CC5)c(O)c4O)CC3)cc1. The lowest BCUT2D eigenvalue weighted by Gasteiger charge is -2.07. The van der Waals surface area contributed by atoms with Gasteiger partial charge < -0.3 is 40.9 Å². The number of aromatic amines is 2. The van der Waals surface area contributed by atoms with E-state index in [1.807, 2.05) is 36.4 Å². The van der Waals surface area contributed by atoms with Crippen LogP contribution in [-0.4, -0.2) is 47.5 Å². The summed E-state index contributed by atoms with van der Waals surface area (Å²) >= 11 is 0. The molecule has 8 bridgehead atoms. The maximum absolute atomic E-state index is 11.2. The second kappa shape index (κ2) is 10.0. The van der Waals surface area contributed by atoms with E-state index in [1.54, 1.807) is 31.4 Å². The number of nitrogens with zero attached hydrogens (tertiary/aromatic N) is 2. The van der Waals surface area contributed by atoms with E-state index in [4.69, 9.17) is 15.5 Å². The van der Waals surface area contributed by atoms with Crippen molar-refractivity contribution in [2.45, 2.75) is 25.7 Å². The summed E-state index contributed by atoms with van der Waals surface area (Å²) in [4.78, 5) is 16.2. The number of benzene rings is 2. The van der Waals surface area contributed by atoms with Crippen molar-refractivity contribution in [3.8, 4) is 51.0 Å². The number of aromatic hydroxyl groups is 4. The van der Waals surface area contributed by atoms with Crippen molar-refractivity contribution in [3.05, 3.63) is 83.4 Å². The molecular weight excluding hydrogens is 546 g/mol. The van der Waals surface area contributed by atoms with Crippen LogP contribution in [0.5, 0.6) is 28.7 Å². The molecule has 0 radical (unpaired) electrons. The first-order valence-electron chi connectivity index (χ1n) is 13.9. The van der Waals surface area contributed by atoms with Gasteiger partial charge in [0.05, 0.1) is 40.6 Å². The van der Waals surface area contributed by atoms with Crippen LogP contribution < -0.4 is 10.5 Å². The van der Waals surface area contributed by atoms with Crippen LogP contribution in [0.25, 0.3) is 44.3 Å². The van der Waals surface area contributed by atoms with Gasteiger partial charge >= 0.3 is 0 Å². The van der Waals surface area contributed by atoms with Gasteiger partial charge in [0, 0.05) is 28.2 Å². The quantitative estimate of drug-likeness (QED) is 0.136. The molecule has 0 amide bonds. The Hall–Kier alpha value is -5.64. The third-order valence-electron chi connectivity index (χ3n) is 8.02. The molecular formula is C33H29N5O5. The average molecular weight is 576 g/mol. The molecule has 2 aromatic carbocycles. The number of fused-ring (bicyclic) bond motifs is 8. The maximum Gasteiger partial charge on any atom is 0.184 e. The number of aromatic nitrogens is 4. The van der Waals surface area contributed by atoms with Gasteiger partial charge in [0.15, 0.2) is 23.0 Å². The minimum Gasteiger partial charge on any atom is -0.503 e. The van der Waals surface area contributed by atoms with Gasteiger partial charge in [-0.1, -0.05) is 24.3 Å². The molecule has 8 N–H and O–H groups in total. The third-order valence-corrected chi connectivity index (χ3v) is 8.02. The average Bonchev–Trinajstić information content (AvgIpc) is 3.78. The van der Waals surface area contributed by atoms with Crippen LogP contribution in [0.2, 0.25) is 0 Å². The van der Waals surface area contributed by atoms with Crippen LogP contribution in [0.15, 0.2) is 60.7 Å². The predicted molar refractivity (Wildman–Crippen MR) is 164 cm³/mol. The molecule has 0 spiro atoms. The molecule has 216 valence electrons. The number of hydrogen-bond acceptors (Lipinski definition) is 8. The smallest absolute Gasteiger partial charge is 0.184 e. The Morgan fingerprint density at radius 3 is 1.56 bits per heavy atom. The Kier molecular flexibility index (Phi) is 6.12. The van der Waals surface area contributed by atoms with Crippen LogP contribution in [0, 0.1) is 0 Å². The molecule has 7 rings (SSSR count). The van der Waals surface area contributed by atoms with Gasteiger partial charge in [-0.25, -0.2) is 0 Å². The number of anilines is 1. The van der Waals surface area contributed by atoms with E-state index in [-0.39, 0.29) is 23.0 Å². The standard InChI is InChI=1S/C33H29N5O5/c1-43-21-10-4-17(5-11-21)27-23-13-12-22(36-23)26(16-2-6-18(34)7-3-16)28-32(41)30(39)24(37-28)14-19-8-9-20(35-19)15-25-31(40)33(42)29(27)38-25/h2-7,10-11,14-15,37-42H,8-9,12-13,34H2,1H3.